The SMILES string of the molecule is CC(C)CNC(=O)Nc1ccc(NC(=O)N2CCCC(C(=O)NC(C)C)C2)cc1. The van der Waals surface area contributed by atoms with Crippen molar-refractivity contribution >= 4 is 29.3 Å². The molecule has 0 bridgehead atoms. The minimum Gasteiger partial charge on any atom is -0.354 e. The van der Waals surface area contributed by atoms with Crippen LogP contribution in [0.15, 0.2) is 24.3 Å². The number of benzene rings is 1. The van der Waals surface area contributed by atoms with Gasteiger partial charge < -0.3 is 26.2 Å². The number of nitrogens with one attached hydrogen (secondary N) is 4. The smallest absolute Gasteiger partial charge is 0.321 e. The maximum absolute atomic E-state index is 12.6. The highest BCUT2D eigenvalue weighted by molar-refractivity contribution is 5.92. The summed E-state index contributed by atoms with van der Waals surface area (Å²) in [6, 6.07) is 6.56. The molecule has 1 saturated heterocycles. The van der Waals surface area contributed by atoms with Crippen molar-refractivity contribution in [1.29, 1.82) is 0 Å². The van der Waals surface area contributed by atoms with E-state index in [-0.39, 0.29) is 29.9 Å². The van der Waals surface area contributed by atoms with E-state index in [1.54, 1.807) is 29.2 Å². The van der Waals surface area contributed by atoms with Crippen molar-refractivity contribution < 1.29 is 14.4 Å². The van der Waals surface area contributed by atoms with Crippen LogP contribution in [0.2, 0.25) is 0 Å². The minimum atomic E-state index is -0.255. The van der Waals surface area contributed by atoms with Crippen molar-refractivity contribution in [3.05, 3.63) is 24.3 Å². The van der Waals surface area contributed by atoms with Gasteiger partial charge in [-0.3, -0.25) is 4.79 Å². The number of rotatable bonds is 6. The Balaban J connectivity index is 1.85. The molecule has 4 N–H and O–H groups in total. The van der Waals surface area contributed by atoms with Gasteiger partial charge in [-0.25, -0.2) is 9.59 Å². The fourth-order valence-electron chi connectivity index (χ4n) is 3.09. The lowest BCUT2D eigenvalue weighted by Crippen LogP contribution is -2.47. The first-order valence-corrected chi connectivity index (χ1v) is 10.3. The molecule has 0 spiro atoms. The summed E-state index contributed by atoms with van der Waals surface area (Å²) in [6.07, 6.45) is 1.60. The molecule has 1 aliphatic heterocycles. The zero-order valence-corrected chi connectivity index (χ0v) is 17.7. The van der Waals surface area contributed by atoms with Crippen LogP contribution >= 0.6 is 0 Å². The molecule has 1 atom stereocenters. The lowest BCUT2D eigenvalue weighted by molar-refractivity contribution is -0.126. The quantitative estimate of drug-likeness (QED) is 0.586. The van der Waals surface area contributed by atoms with Gasteiger partial charge >= 0.3 is 12.1 Å². The zero-order valence-electron chi connectivity index (χ0n) is 17.7. The molecule has 0 saturated carbocycles. The van der Waals surface area contributed by atoms with Crippen molar-refractivity contribution in [3.63, 3.8) is 0 Å². The maximum Gasteiger partial charge on any atom is 0.321 e. The van der Waals surface area contributed by atoms with E-state index in [4.69, 9.17) is 0 Å². The van der Waals surface area contributed by atoms with Crippen LogP contribution in [0.25, 0.3) is 0 Å². The van der Waals surface area contributed by atoms with Crippen LogP contribution in [0.4, 0.5) is 21.0 Å². The average Bonchev–Trinajstić information content (AvgIpc) is 2.67. The number of likely N-dealkylation sites (tertiary alicyclic amines) is 1. The average molecular weight is 404 g/mol. The molecule has 8 nitrogen and oxygen atoms in total. The molecule has 5 amide bonds. The first kappa shape index (κ1) is 22.5. The lowest BCUT2D eigenvalue weighted by Gasteiger charge is -2.32. The van der Waals surface area contributed by atoms with Crippen molar-refractivity contribution in [3.8, 4) is 0 Å². The second-order valence-electron chi connectivity index (χ2n) is 8.18. The molecule has 1 fully saturated rings. The van der Waals surface area contributed by atoms with Crippen molar-refractivity contribution in [2.75, 3.05) is 30.3 Å². The summed E-state index contributed by atoms with van der Waals surface area (Å²) in [5, 5.41) is 11.3. The molecule has 2 rings (SSSR count). The summed E-state index contributed by atoms with van der Waals surface area (Å²) >= 11 is 0. The first-order chi connectivity index (χ1) is 13.7. The summed E-state index contributed by atoms with van der Waals surface area (Å²) < 4.78 is 0. The second-order valence-corrected chi connectivity index (χ2v) is 8.18. The minimum absolute atomic E-state index is 0.00340. The number of urea groups is 2. The monoisotopic (exact) mass is 403 g/mol. The van der Waals surface area contributed by atoms with Crippen molar-refractivity contribution in [1.82, 2.24) is 15.5 Å². The number of piperidine rings is 1. The van der Waals surface area contributed by atoms with Gasteiger partial charge in [-0.2, -0.15) is 0 Å². The Labute approximate surface area is 172 Å². The highest BCUT2D eigenvalue weighted by atomic mass is 16.2. The van der Waals surface area contributed by atoms with Crippen LogP contribution in [-0.2, 0) is 4.79 Å². The normalized spacial score (nSPS) is 16.5. The molecule has 0 radical (unpaired) electrons. The van der Waals surface area contributed by atoms with Gasteiger partial charge in [0.15, 0.2) is 0 Å². The van der Waals surface area contributed by atoms with E-state index in [2.05, 4.69) is 21.3 Å². The van der Waals surface area contributed by atoms with Gasteiger partial charge in [-0.1, -0.05) is 13.8 Å². The number of nitrogens with zero attached hydrogens (tertiary/aromatic N) is 1. The predicted molar refractivity (Wildman–Crippen MR) is 115 cm³/mol. The largest absolute Gasteiger partial charge is 0.354 e. The van der Waals surface area contributed by atoms with E-state index in [1.165, 1.54) is 0 Å². The van der Waals surface area contributed by atoms with Crippen LogP contribution < -0.4 is 21.3 Å². The molecule has 0 aliphatic carbocycles. The lowest BCUT2D eigenvalue weighted by atomic mass is 9.97. The Kier molecular flexibility index (Phi) is 8.30. The van der Waals surface area contributed by atoms with Crippen LogP contribution in [0.5, 0.6) is 0 Å². The molecule has 8 heteroatoms. The highest BCUT2D eigenvalue weighted by Crippen LogP contribution is 2.19. The Bertz CT molecular complexity index is 703. The standard InChI is InChI=1S/C21H33N5O3/c1-14(2)12-22-20(28)24-17-7-9-18(10-8-17)25-21(29)26-11-5-6-16(13-26)19(27)23-15(3)4/h7-10,14-16H,5-6,11-13H2,1-4H3,(H,23,27)(H,25,29)(H2,22,24,28). The number of hydrogen-bond acceptors (Lipinski definition) is 3. The van der Waals surface area contributed by atoms with Gasteiger partial charge in [-0.15, -0.1) is 0 Å². The van der Waals surface area contributed by atoms with Gasteiger partial charge in [0.2, 0.25) is 5.91 Å². The molecule has 1 aliphatic rings. The second kappa shape index (κ2) is 10.7. The van der Waals surface area contributed by atoms with E-state index in [1.807, 2.05) is 27.7 Å². The van der Waals surface area contributed by atoms with Gasteiger partial charge in [0.25, 0.3) is 0 Å². The van der Waals surface area contributed by atoms with Crippen LogP contribution in [0.3, 0.4) is 0 Å². The number of anilines is 2. The summed E-state index contributed by atoms with van der Waals surface area (Å²) in [5.41, 5.74) is 1.28. The van der Waals surface area contributed by atoms with Crippen LogP contribution in [0, 0.1) is 11.8 Å². The van der Waals surface area contributed by atoms with Gasteiger partial charge in [0, 0.05) is 37.1 Å². The summed E-state index contributed by atoms with van der Waals surface area (Å²) in [4.78, 5) is 38.3. The third-order valence-corrected chi connectivity index (χ3v) is 4.58. The fraction of sp³-hybridized carbons (Fsp3) is 0.571. The molecule has 1 aromatic rings. The molecule has 1 unspecified atom stereocenters. The third kappa shape index (κ3) is 7.63. The Morgan fingerprint density at radius 2 is 1.66 bits per heavy atom. The number of amides is 5. The van der Waals surface area contributed by atoms with Crippen molar-refractivity contribution in [2.24, 2.45) is 11.8 Å². The molecule has 160 valence electrons. The Morgan fingerprint density at radius 1 is 1.03 bits per heavy atom. The van der Waals surface area contributed by atoms with Gasteiger partial charge in [-0.05, 0) is 56.9 Å². The van der Waals surface area contributed by atoms with Crippen LogP contribution in [0.1, 0.15) is 40.5 Å². The van der Waals surface area contributed by atoms with Gasteiger partial charge in [0.1, 0.15) is 0 Å². The van der Waals surface area contributed by atoms with E-state index in [0.29, 0.717) is 36.9 Å². The number of carbonyl (C=O) groups is 3. The molecule has 1 heterocycles. The molecular formula is C21H33N5O3. The first-order valence-electron chi connectivity index (χ1n) is 10.3. The molecule has 1 aromatic carbocycles. The van der Waals surface area contributed by atoms with E-state index >= 15 is 0 Å². The predicted octanol–water partition coefficient (Wildman–Crippen LogP) is 3.23. The molecule has 29 heavy (non-hydrogen) atoms. The summed E-state index contributed by atoms with van der Waals surface area (Å²) in [6.45, 7) is 9.56. The molecule has 0 aromatic heterocycles. The topological polar surface area (TPSA) is 103 Å². The van der Waals surface area contributed by atoms with Crippen molar-refractivity contribution in [2.45, 2.75) is 46.6 Å². The van der Waals surface area contributed by atoms with E-state index in [9.17, 15) is 14.4 Å². The summed E-state index contributed by atoms with van der Waals surface area (Å²) in [7, 11) is 0. The maximum atomic E-state index is 12.6. The van der Waals surface area contributed by atoms with Crippen LogP contribution in [-0.4, -0.2) is 48.5 Å². The third-order valence-electron chi connectivity index (χ3n) is 4.58. The Hall–Kier alpha value is -2.77. The van der Waals surface area contributed by atoms with E-state index < -0.39 is 0 Å². The number of hydrogen-bond donors (Lipinski definition) is 4. The Morgan fingerprint density at radius 3 is 2.24 bits per heavy atom. The zero-order chi connectivity index (χ0) is 21.4. The van der Waals surface area contributed by atoms with E-state index in [0.717, 1.165) is 12.8 Å². The number of carbonyl (C=O) groups excluding carboxylic acids is 3. The molecular weight excluding hydrogens is 370 g/mol. The van der Waals surface area contributed by atoms with Gasteiger partial charge in [0.05, 0.1) is 5.92 Å². The highest BCUT2D eigenvalue weighted by Gasteiger charge is 2.28. The summed E-state index contributed by atoms with van der Waals surface area (Å²) in [5.74, 6) is 0.209. The fourth-order valence-corrected chi connectivity index (χ4v) is 3.09.